The summed E-state index contributed by atoms with van der Waals surface area (Å²) < 4.78 is 1.95. The third-order valence-electron chi connectivity index (χ3n) is 3.61. The zero-order chi connectivity index (χ0) is 16.3. The van der Waals surface area contributed by atoms with Gasteiger partial charge >= 0.3 is 5.97 Å². The molecule has 2 aromatic rings. The molecule has 0 atom stereocenters. The van der Waals surface area contributed by atoms with Gasteiger partial charge in [0.25, 0.3) is 0 Å². The van der Waals surface area contributed by atoms with Crippen LogP contribution in [0.4, 0.5) is 0 Å². The first kappa shape index (κ1) is 16.5. The zero-order valence-corrected chi connectivity index (χ0v) is 13.8. The van der Waals surface area contributed by atoms with Gasteiger partial charge in [-0.05, 0) is 38.6 Å². The summed E-state index contributed by atoms with van der Waals surface area (Å²) in [6.45, 7) is 5.23. The van der Waals surface area contributed by atoms with Gasteiger partial charge in [0.15, 0.2) is 0 Å². The van der Waals surface area contributed by atoms with Crippen molar-refractivity contribution >= 4 is 17.6 Å². The number of carboxylic acids is 1. The van der Waals surface area contributed by atoms with Gasteiger partial charge in [0.1, 0.15) is 0 Å². The number of aromatic nitrogens is 2. The fourth-order valence-corrected chi connectivity index (χ4v) is 2.56. The molecule has 0 bridgehead atoms. The molecule has 6 heteroatoms. The number of hydrogen-bond donors (Lipinski definition) is 1. The highest BCUT2D eigenvalue weighted by Gasteiger charge is 2.14. The average molecular weight is 322 g/mol. The van der Waals surface area contributed by atoms with Crippen molar-refractivity contribution in [2.75, 3.05) is 13.6 Å². The van der Waals surface area contributed by atoms with E-state index in [2.05, 4.69) is 5.10 Å². The lowest BCUT2D eigenvalue weighted by atomic mass is 10.2. The van der Waals surface area contributed by atoms with Crippen LogP contribution in [-0.2, 0) is 17.9 Å². The number of benzene rings is 1. The van der Waals surface area contributed by atoms with E-state index >= 15 is 0 Å². The second kappa shape index (κ2) is 6.94. The molecule has 0 unspecified atom stereocenters. The number of rotatable bonds is 6. The molecule has 0 spiro atoms. The Morgan fingerprint density at radius 3 is 2.55 bits per heavy atom. The molecular weight excluding hydrogens is 302 g/mol. The summed E-state index contributed by atoms with van der Waals surface area (Å²) in [5, 5.41) is 14.1. The number of nitrogens with zero attached hydrogens (tertiary/aromatic N) is 3. The predicted molar refractivity (Wildman–Crippen MR) is 86.2 cm³/mol. The molecule has 1 aromatic carbocycles. The quantitative estimate of drug-likeness (QED) is 0.888. The summed E-state index contributed by atoms with van der Waals surface area (Å²) in [4.78, 5) is 12.5. The van der Waals surface area contributed by atoms with E-state index in [1.54, 1.807) is 11.9 Å². The summed E-state index contributed by atoms with van der Waals surface area (Å²) in [6, 6.07) is 7.69. The van der Waals surface area contributed by atoms with E-state index in [1.807, 2.05) is 42.8 Å². The van der Waals surface area contributed by atoms with Gasteiger partial charge in [-0.25, -0.2) is 0 Å². The van der Waals surface area contributed by atoms with Crippen molar-refractivity contribution in [3.05, 3.63) is 51.8 Å². The van der Waals surface area contributed by atoms with Crippen LogP contribution in [0.3, 0.4) is 0 Å². The maximum Gasteiger partial charge on any atom is 0.317 e. The fraction of sp³-hybridized carbons (Fsp3) is 0.375. The minimum Gasteiger partial charge on any atom is -0.480 e. The molecule has 0 saturated heterocycles. The van der Waals surface area contributed by atoms with Crippen LogP contribution < -0.4 is 0 Å². The van der Waals surface area contributed by atoms with Crippen molar-refractivity contribution in [1.29, 1.82) is 0 Å². The van der Waals surface area contributed by atoms with Crippen molar-refractivity contribution in [2.45, 2.75) is 26.9 Å². The van der Waals surface area contributed by atoms with Crippen LogP contribution in [-0.4, -0.2) is 39.3 Å². The maximum absolute atomic E-state index is 10.8. The third kappa shape index (κ3) is 4.08. The number of carbonyl (C=O) groups is 1. The van der Waals surface area contributed by atoms with Crippen molar-refractivity contribution in [3.63, 3.8) is 0 Å². The lowest BCUT2D eigenvalue weighted by molar-refractivity contribution is -0.138. The van der Waals surface area contributed by atoms with Crippen LogP contribution >= 0.6 is 11.6 Å². The molecular formula is C16H20ClN3O2. The largest absolute Gasteiger partial charge is 0.480 e. The molecule has 1 heterocycles. The molecule has 2 rings (SSSR count). The number of halogens is 1. The first-order valence-electron chi connectivity index (χ1n) is 7.04. The second-order valence-corrected chi connectivity index (χ2v) is 5.94. The van der Waals surface area contributed by atoms with E-state index in [-0.39, 0.29) is 6.54 Å². The van der Waals surface area contributed by atoms with Gasteiger partial charge in [0.2, 0.25) is 0 Å². The molecule has 0 aliphatic carbocycles. The SMILES string of the molecule is Cc1nn(Cc2ccc(Cl)cc2)c(C)c1CN(C)CC(=O)O. The number of aliphatic carboxylic acids is 1. The van der Waals surface area contributed by atoms with Crippen LogP contribution in [0.5, 0.6) is 0 Å². The monoisotopic (exact) mass is 321 g/mol. The fourth-order valence-electron chi connectivity index (χ4n) is 2.44. The van der Waals surface area contributed by atoms with Crippen LogP contribution in [0.25, 0.3) is 0 Å². The van der Waals surface area contributed by atoms with Gasteiger partial charge in [-0.3, -0.25) is 14.4 Å². The van der Waals surface area contributed by atoms with E-state index in [0.717, 1.165) is 22.5 Å². The molecule has 0 radical (unpaired) electrons. The Morgan fingerprint density at radius 2 is 1.95 bits per heavy atom. The summed E-state index contributed by atoms with van der Waals surface area (Å²) in [5.74, 6) is -0.827. The van der Waals surface area contributed by atoms with Crippen molar-refractivity contribution < 1.29 is 9.90 Å². The Morgan fingerprint density at radius 1 is 1.32 bits per heavy atom. The molecule has 0 saturated carbocycles. The van der Waals surface area contributed by atoms with Crippen LogP contribution in [0.2, 0.25) is 5.02 Å². The smallest absolute Gasteiger partial charge is 0.317 e. The van der Waals surface area contributed by atoms with Crippen LogP contribution in [0, 0.1) is 13.8 Å². The molecule has 0 fully saturated rings. The van der Waals surface area contributed by atoms with Gasteiger partial charge in [0, 0.05) is 22.8 Å². The molecule has 5 nitrogen and oxygen atoms in total. The minimum absolute atomic E-state index is 0.0151. The first-order chi connectivity index (χ1) is 10.4. The van der Waals surface area contributed by atoms with Crippen molar-refractivity contribution in [2.24, 2.45) is 0 Å². The standard InChI is InChI=1S/C16H20ClN3O2/c1-11-15(9-19(3)10-16(21)22)12(2)20(18-11)8-13-4-6-14(17)7-5-13/h4-7H,8-10H2,1-3H3,(H,21,22). The van der Waals surface area contributed by atoms with E-state index in [0.29, 0.717) is 18.1 Å². The Labute approximate surface area is 135 Å². The number of likely N-dealkylation sites (N-methyl/N-ethyl adjacent to an activating group) is 1. The molecule has 1 aromatic heterocycles. The summed E-state index contributed by atoms with van der Waals surface area (Å²) in [7, 11) is 1.80. The van der Waals surface area contributed by atoms with Crippen molar-refractivity contribution in [1.82, 2.24) is 14.7 Å². The average Bonchev–Trinajstić information content (AvgIpc) is 2.68. The summed E-state index contributed by atoms with van der Waals surface area (Å²) in [5.41, 5.74) is 4.20. The van der Waals surface area contributed by atoms with Gasteiger partial charge in [-0.2, -0.15) is 5.10 Å². The molecule has 0 aliphatic heterocycles. The Hall–Kier alpha value is -1.85. The molecule has 0 amide bonds. The third-order valence-corrected chi connectivity index (χ3v) is 3.86. The topological polar surface area (TPSA) is 58.4 Å². The minimum atomic E-state index is -0.827. The van der Waals surface area contributed by atoms with Gasteiger partial charge < -0.3 is 5.11 Å². The van der Waals surface area contributed by atoms with Crippen LogP contribution in [0.15, 0.2) is 24.3 Å². The highest BCUT2D eigenvalue weighted by molar-refractivity contribution is 6.30. The summed E-state index contributed by atoms with van der Waals surface area (Å²) >= 11 is 5.90. The Balaban J connectivity index is 2.16. The number of aryl methyl sites for hydroxylation is 1. The molecule has 118 valence electrons. The normalized spacial score (nSPS) is 11.1. The van der Waals surface area contributed by atoms with Gasteiger partial charge in [0.05, 0.1) is 18.8 Å². The summed E-state index contributed by atoms with van der Waals surface area (Å²) in [6.07, 6.45) is 0. The maximum atomic E-state index is 10.8. The van der Waals surface area contributed by atoms with E-state index < -0.39 is 5.97 Å². The predicted octanol–water partition coefficient (Wildman–Crippen LogP) is 2.72. The zero-order valence-electron chi connectivity index (χ0n) is 13.0. The first-order valence-corrected chi connectivity index (χ1v) is 7.42. The van der Waals surface area contributed by atoms with Crippen LogP contribution in [0.1, 0.15) is 22.5 Å². The van der Waals surface area contributed by atoms with E-state index in [4.69, 9.17) is 16.7 Å². The lowest BCUT2D eigenvalue weighted by Crippen LogP contribution is -2.25. The molecule has 1 N–H and O–H groups in total. The van der Waals surface area contributed by atoms with Gasteiger partial charge in [-0.1, -0.05) is 23.7 Å². The Bertz CT molecular complexity index is 665. The lowest BCUT2D eigenvalue weighted by Gasteiger charge is -2.14. The van der Waals surface area contributed by atoms with E-state index in [1.165, 1.54) is 0 Å². The highest BCUT2D eigenvalue weighted by Crippen LogP contribution is 2.17. The van der Waals surface area contributed by atoms with E-state index in [9.17, 15) is 4.79 Å². The van der Waals surface area contributed by atoms with Gasteiger partial charge in [-0.15, -0.1) is 0 Å². The van der Waals surface area contributed by atoms with Crippen molar-refractivity contribution in [3.8, 4) is 0 Å². The molecule has 22 heavy (non-hydrogen) atoms. The number of hydrogen-bond acceptors (Lipinski definition) is 3. The molecule has 0 aliphatic rings. The Kier molecular flexibility index (Phi) is 5.21. The number of carboxylic acid groups (broad SMARTS) is 1. The second-order valence-electron chi connectivity index (χ2n) is 5.50. The highest BCUT2D eigenvalue weighted by atomic mass is 35.5.